The number of aliphatic carboxylic acids is 1. The molecular formula is C27H25IN2O8S. The molecule has 1 aliphatic heterocycles. The zero-order valence-corrected chi connectivity index (χ0v) is 24.5. The molecule has 0 bridgehead atoms. The quantitative estimate of drug-likeness (QED) is 0.274. The number of thiazole rings is 1. The van der Waals surface area contributed by atoms with Crippen molar-refractivity contribution in [2.24, 2.45) is 4.99 Å². The molecule has 0 saturated carbocycles. The van der Waals surface area contributed by atoms with Crippen LogP contribution in [-0.4, -0.2) is 49.0 Å². The Morgan fingerprint density at radius 1 is 1.18 bits per heavy atom. The van der Waals surface area contributed by atoms with Crippen molar-refractivity contribution in [1.82, 2.24) is 4.57 Å². The van der Waals surface area contributed by atoms with Gasteiger partial charge < -0.3 is 24.1 Å². The van der Waals surface area contributed by atoms with E-state index in [1.807, 2.05) is 34.7 Å². The molecule has 204 valence electrons. The maximum atomic E-state index is 13.8. The molecule has 2 aromatic carbocycles. The molecule has 0 aliphatic carbocycles. The Kier molecular flexibility index (Phi) is 8.75. The number of nitrogens with zero attached hydrogens (tertiary/aromatic N) is 2. The predicted molar refractivity (Wildman–Crippen MR) is 152 cm³/mol. The molecule has 39 heavy (non-hydrogen) atoms. The Morgan fingerprint density at radius 3 is 2.51 bits per heavy atom. The van der Waals surface area contributed by atoms with E-state index in [9.17, 15) is 14.4 Å². The van der Waals surface area contributed by atoms with E-state index in [0.717, 1.165) is 0 Å². The summed E-state index contributed by atoms with van der Waals surface area (Å²) < 4.78 is 23.9. The number of hydrogen-bond donors (Lipinski definition) is 1. The van der Waals surface area contributed by atoms with Crippen molar-refractivity contribution < 1.29 is 33.6 Å². The third-order valence-corrected chi connectivity index (χ3v) is 7.62. The number of hydrogen-bond acceptors (Lipinski definition) is 9. The standard InChI is InChI=1S/C27H25IN2O8S/c1-5-37-26(34)22-14(2)29-27-30(23(22)16-6-8-17(35-3)9-7-16)25(33)20(39-27)12-15-10-18(28)24(19(11-15)36-4)38-13-21(31)32/h6-12,23H,5,13H2,1-4H3,(H,31,32)/b20-12-/t23-/m0/s1. The van der Waals surface area contributed by atoms with Gasteiger partial charge in [-0.1, -0.05) is 23.5 Å². The fourth-order valence-corrected chi connectivity index (χ4v) is 5.97. The lowest BCUT2D eigenvalue weighted by molar-refractivity contribution is -0.140. The second-order valence-electron chi connectivity index (χ2n) is 8.29. The highest BCUT2D eigenvalue weighted by atomic mass is 127. The highest BCUT2D eigenvalue weighted by Gasteiger charge is 2.33. The molecule has 1 atom stereocenters. The minimum atomic E-state index is -1.11. The number of carboxylic acids is 1. The van der Waals surface area contributed by atoms with E-state index in [4.69, 9.17) is 24.1 Å². The van der Waals surface area contributed by atoms with Gasteiger partial charge in [-0.25, -0.2) is 14.6 Å². The summed E-state index contributed by atoms with van der Waals surface area (Å²) in [5, 5.41) is 8.96. The SMILES string of the molecule is CCOC(=O)C1=C(C)N=c2s/c(=C\c3cc(I)c(OCC(=O)O)c(OC)c3)c(=O)n2[C@H]1c1ccc(OC)cc1. The Balaban J connectivity index is 1.87. The van der Waals surface area contributed by atoms with Crippen molar-refractivity contribution in [2.75, 3.05) is 27.4 Å². The predicted octanol–water partition coefficient (Wildman–Crippen LogP) is 2.88. The fourth-order valence-electron chi connectivity index (χ4n) is 4.14. The van der Waals surface area contributed by atoms with Crippen molar-refractivity contribution >= 4 is 51.9 Å². The van der Waals surface area contributed by atoms with Crippen molar-refractivity contribution in [1.29, 1.82) is 0 Å². The van der Waals surface area contributed by atoms with Crippen LogP contribution in [0.4, 0.5) is 0 Å². The van der Waals surface area contributed by atoms with E-state index in [-0.39, 0.29) is 17.7 Å². The van der Waals surface area contributed by atoms with Gasteiger partial charge in [0, 0.05) is 0 Å². The Hall–Kier alpha value is -3.65. The van der Waals surface area contributed by atoms with Crippen LogP contribution in [0.1, 0.15) is 31.0 Å². The van der Waals surface area contributed by atoms with Crippen LogP contribution in [-0.2, 0) is 14.3 Å². The second kappa shape index (κ2) is 12.0. The summed E-state index contributed by atoms with van der Waals surface area (Å²) >= 11 is 3.22. The van der Waals surface area contributed by atoms with E-state index < -0.39 is 24.6 Å². The highest BCUT2D eigenvalue weighted by molar-refractivity contribution is 14.1. The normalized spacial score (nSPS) is 14.9. The summed E-state index contributed by atoms with van der Waals surface area (Å²) in [5.74, 6) is -0.372. The monoisotopic (exact) mass is 664 g/mol. The number of esters is 1. The lowest BCUT2D eigenvalue weighted by Gasteiger charge is -2.24. The third kappa shape index (κ3) is 5.86. The Labute approximate surface area is 240 Å². The molecule has 1 N–H and O–H groups in total. The minimum Gasteiger partial charge on any atom is -0.497 e. The van der Waals surface area contributed by atoms with Gasteiger partial charge in [-0.05, 0) is 77.9 Å². The average Bonchev–Trinajstić information content (AvgIpc) is 3.20. The van der Waals surface area contributed by atoms with E-state index in [1.165, 1.54) is 23.0 Å². The maximum absolute atomic E-state index is 13.8. The first-order chi connectivity index (χ1) is 18.7. The number of halogens is 1. The summed E-state index contributed by atoms with van der Waals surface area (Å²) in [4.78, 5) is 42.8. The van der Waals surface area contributed by atoms with Crippen LogP contribution in [0.25, 0.3) is 6.08 Å². The van der Waals surface area contributed by atoms with Gasteiger partial charge in [0.25, 0.3) is 5.56 Å². The summed E-state index contributed by atoms with van der Waals surface area (Å²) in [6.07, 6.45) is 1.70. The summed E-state index contributed by atoms with van der Waals surface area (Å²) in [6, 6.07) is 9.83. The molecule has 3 aromatic rings. The number of rotatable bonds is 9. The van der Waals surface area contributed by atoms with Gasteiger partial charge in [0.05, 0.1) is 46.2 Å². The molecule has 0 radical (unpaired) electrons. The smallest absolute Gasteiger partial charge is 0.341 e. The number of carbonyl (C=O) groups excluding carboxylic acids is 1. The molecule has 10 nitrogen and oxygen atoms in total. The van der Waals surface area contributed by atoms with Gasteiger partial charge in [-0.3, -0.25) is 9.36 Å². The van der Waals surface area contributed by atoms with Crippen LogP contribution in [0.3, 0.4) is 0 Å². The topological polar surface area (TPSA) is 126 Å². The van der Waals surface area contributed by atoms with Crippen LogP contribution < -0.4 is 29.1 Å². The Morgan fingerprint density at radius 2 is 1.90 bits per heavy atom. The van der Waals surface area contributed by atoms with Gasteiger partial charge >= 0.3 is 11.9 Å². The first kappa shape index (κ1) is 28.4. The molecule has 0 unspecified atom stereocenters. The average molecular weight is 664 g/mol. The number of allylic oxidation sites excluding steroid dienone is 1. The third-order valence-electron chi connectivity index (χ3n) is 5.84. The minimum absolute atomic E-state index is 0.183. The number of aromatic nitrogens is 1. The zero-order chi connectivity index (χ0) is 28.3. The van der Waals surface area contributed by atoms with Crippen molar-refractivity contribution in [3.05, 3.63) is 82.1 Å². The van der Waals surface area contributed by atoms with Gasteiger partial charge in [-0.2, -0.15) is 0 Å². The van der Waals surface area contributed by atoms with Crippen molar-refractivity contribution in [2.45, 2.75) is 19.9 Å². The van der Waals surface area contributed by atoms with Crippen molar-refractivity contribution in [3.63, 3.8) is 0 Å². The number of carbonyl (C=O) groups is 2. The lowest BCUT2D eigenvalue weighted by atomic mass is 9.96. The van der Waals surface area contributed by atoms with Gasteiger partial charge in [-0.15, -0.1) is 0 Å². The van der Waals surface area contributed by atoms with Gasteiger partial charge in [0.15, 0.2) is 22.9 Å². The van der Waals surface area contributed by atoms with Gasteiger partial charge in [0.2, 0.25) is 0 Å². The van der Waals surface area contributed by atoms with E-state index in [2.05, 4.69) is 4.99 Å². The van der Waals surface area contributed by atoms with Crippen LogP contribution >= 0.6 is 33.9 Å². The fraction of sp³-hybridized carbons (Fsp3) is 0.259. The molecule has 0 amide bonds. The molecular weight excluding hydrogens is 639 g/mol. The first-order valence-corrected chi connectivity index (χ1v) is 13.6. The van der Waals surface area contributed by atoms with Crippen LogP contribution in [0, 0.1) is 3.57 Å². The molecule has 1 aromatic heterocycles. The zero-order valence-electron chi connectivity index (χ0n) is 21.5. The summed E-state index contributed by atoms with van der Waals surface area (Å²) in [6.45, 7) is 3.11. The van der Waals surface area contributed by atoms with Crippen LogP contribution in [0.2, 0.25) is 0 Å². The number of carboxylic acid groups (broad SMARTS) is 1. The molecule has 1 aliphatic rings. The van der Waals surface area contributed by atoms with E-state index >= 15 is 0 Å². The number of fused-ring (bicyclic) bond motifs is 1. The lowest BCUT2D eigenvalue weighted by Crippen LogP contribution is -2.39. The maximum Gasteiger partial charge on any atom is 0.341 e. The Bertz CT molecular complexity index is 1640. The number of ether oxygens (including phenoxy) is 4. The first-order valence-electron chi connectivity index (χ1n) is 11.7. The number of benzene rings is 2. The summed E-state index contributed by atoms with van der Waals surface area (Å²) in [5.41, 5.74) is 1.79. The summed E-state index contributed by atoms with van der Waals surface area (Å²) in [7, 11) is 3.01. The molecule has 4 rings (SSSR count). The molecule has 12 heteroatoms. The van der Waals surface area contributed by atoms with Gasteiger partial charge in [0.1, 0.15) is 5.75 Å². The van der Waals surface area contributed by atoms with E-state index in [1.54, 1.807) is 51.3 Å². The second-order valence-corrected chi connectivity index (χ2v) is 10.5. The van der Waals surface area contributed by atoms with Crippen LogP contribution in [0.15, 0.2) is 57.5 Å². The molecule has 0 fully saturated rings. The van der Waals surface area contributed by atoms with E-state index in [0.29, 0.717) is 47.0 Å². The molecule has 2 heterocycles. The number of methoxy groups -OCH3 is 2. The largest absolute Gasteiger partial charge is 0.497 e. The molecule has 0 saturated heterocycles. The molecule has 0 spiro atoms. The van der Waals surface area contributed by atoms with Crippen LogP contribution in [0.5, 0.6) is 17.2 Å². The van der Waals surface area contributed by atoms with Crippen molar-refractivity contribution in [3.8, 4) is 17.2 Å². The highest BCUT2D eigenvalue weighted by Crippen LogP contribution is 2.34.